The molecule has 3 fully saturated rings. The summed E-state index contributed by atoms with van der Waals surface area (Å²) in [5, 5.41) is 0. The molecule has 0 radical (unpaired) electrons. The van der Waals surface area contributed by atoms with Gasteiger partial charge in [0.25, 0.3) is 0 Å². The maximum Gasteiger partial charge on any atom is -0.0169 e. The monoisotopic (exact) mass is 244 g/mol. The van der Waals surface area contributed by atoms with E-state index in [1.807, 2.05) is 5.57 Å². The molecule has 0 aromatic heterocycles. The van der Waals surface area contributed by atoms with Crippen molar-refractivity contribution in [2.24, 2.45) is 40.9 Å². The number of hydrogen-bond donors (Lipinski definition) is 0. The number of allylic oxidation sites excluding steroid dienone is 2. The van der Waals surface area contributed by atoms with Crippen LogP contribution in [0.3, 0.4) is 0 Å². The fourth-order valence-electron chi connectivity index (χ4n) is 6.23. The Morgan fingerprint density at radius 3 is 2.78 bits per heavy atom. The lowest BCUT2D eigenvalue weighted by Gasteiger charge is -2.32. The molecule has 6 atom stereocenters. The Morgan fingerprint density at radius 1 is 1.11 bits per heavy atom. The van der Waals surface area contributed by atoms with Crippen LogP contribution in [-0.2, 0) is 0 Å². The molecule has 4 aliphatic rings. The molecule has 0 aromatic rings. The molecule has 0 bridgehead atoms. The summed E-state index contributed by atoms with van der Waals surface area (Å²) in [7, 11) is 0. The van der Waals surface area contributed by atoms with E-state index in [1.54, 1.807) is 0 Å². The van der Waals surface area contributed by atoms with Crippen molar-refractivity contribution in [3.63, 3.8) is 0 Å². The van der Waals surface area contributed by atoms with Crippen LogP contribution in [-0.4, -0.2) is 0 Å². The second-order valence-electron chi connectivity index (χ2n) is 8.31. The van der Waals surface area contributed by atoms with E-state index in [0.29, 0.717) is 5.41 Å². The standard InChI is InChI=1S/C18H28/c1-11-9-12-5-4-6-14-13(15(12)10-11)7-8-16-17(14)18(16,2)3/h10-14,16-17H,4-9H2,1-3H3/t11-,12?,13?,14?,16?,17?/m1/s1. The van der Waals surface area contributed by atoms with Gasteiger partial charge >= 0.3 is 0 Å². The molecule has 0 amide bonds. The van der Waals surface area contributed by atoms with E-state index in [4.69, 9.17) is 0 Å². The minimum absolute atomic E-state index is 0.685. The SMILES string of the molecule is C[C@H]1C=C2C(CCCC3C2CCC2C3C2(C)C)C1. The van der Waals surface area contributed by atoms with Crippen molar-refractivity contribution in [3.05, 3.63) is 11.6 Å². The molecule has 0 aromatic carbocycles. The normalized spacial score (nSPS) is 52.7. The van der Waals surface area contributed by atoms with Gasteiger partial charge in [0.2, 0.25) is 0 Å². The maximum absolute atomic E-state index is 2.68. The van der Waals surface area contributed by atoms with E-state index in [-0.39, 0.29) is 0 Å². The minimum atomic E-state index is 0.685. The number of fused-ring (bicyclic) bond motifs is 5. The molecule has 0 aliphatic heterocycles. The summed E-state index contributed by atoms with van der Waals surface area (Å²) >= 11 is 0. The molecular weight excluding hydrogens is 216 g/mol. The van der Waals surface area contributed by atoms with Crippen LogP contribution in [0.1, 0.15) is 59.3 Å². The molecule has 18 heavy (non-hydrogen) atoms. The van der Waals surface area contributed by atoms with E-state index in [9.17, 15) is 0 Å². The van der Waals surface area contributed by atoms with Crippen molar-refractivity contribution >= 4 is 0 Å². The topological polar surface area (TPSA) is 0 Å². The van der Waals surface area contributed by atoms with Crippen LogP contribution in [0.4, 0.5) is 0 Å². The summed E-state index contributed by atoms with van der Waals surface area (Å²) in [4.78, 5) is 0. The van der Waals surface area contributed by atoms with Crippen LogP contribution in [0.25, 0.3) is 0 Å². The largest absolute Gasteiger partial charge is 0.0819 e. The van der Waals surface area contributed by atoms with Crippen molar-refractivity contribution < 1.29 is 0 Å². The molecular formula is C18H28. The molecule has 5 unspecified atom stereocenters. The number of rotatable bonds is 0. The fourth-order valence-corrected chi connectivity index (χ4v) is 6.23. The Morgan fingerprint density at radius 2 is 1.94 bits per heavy atom. The van der Waals surface area contributed by atoms with E-state index in [1.165, 1.54) is 38.5 Å². The van der Waals surface area contributed by atoms with Crippen LogP contribution in [0, 0.1) is 40.9 Å². The average Bonchev–Trinajstić information content (AvgIpc) is 2.75. The second-order valence-corrected chi connectivity index (χ2v) is 8.31. The van der Waals surface area contributed by atoms with Gasteiger partial charge in [-0.25, -0.2) is 0 Å². The molecule has 0 nitrogen and oxygen atoms in total. The predicted molar refractivity (Wildman–Crippen MR) is 76.2 cm³/mol. The fraction of sp³-hybridized carbons (Fsp3) is 0.889. The van der Waals surface area contributed by atoms with Crippen LogP contribution >= 0.6 is 0 Å². The third-order valence-electron chi connectivity index (χ3n) is 7.03. The van der Waals surface area contributed by atoms with Gasteiger partial charge in [0, 0.05) is 0 Å². The zero-order chi connectivity index (χ0) is 12.5. The lowest BCUT2D eigenvalue weighted by Crippen LogP contribution is -2.24. The molecule has 4 rings (SSSR count). The summed E-state index contributed by atoms with van der Waals surface area (Å²) in [5.74, 6) is 6.05. The Hall–Kier alpha value is -0.260. The first kappa shape index (κ1) is 11.6. The van der Waals surface area contributed by atoms with Crippen LogP contribution in [0.5, 0.6) is 0 Å². The van der Waals surface area contributed by atoms with E-state index >= 15 is 0 Å². The third-order valence-corrected chi connectivity index (χ3v) is 7.03. The summed E-state index contributed by atoms with van der Waals surface area (Å²) in [6.07, 6.45) is 11.7. The van der Waals surface area contributed by atoms with Gasteiger partial charge in [-0.1, -0.05) is 38.8 Å². The van der Waals surface area contributed by atoms with E-state index in [0.717, 1.165) is 35.5 Å². The Bertz CT molecular complexity index is 389. The highest BCUT2D eigenvalue weighted by Crippen LogP contribution is 2.70. The lowest BCUT2D eigenvalue weighted by atomic mass is 9.73. The molecule has 0 spiro atoms. The van der Waals surface area contributed by atoms with Gasteiger partial charge in [-0.05, 0) is 73.0 Å². The molecule has 0 N–H and O–H groups in total. The van der Waals surface area contributed by atoms with Gasteiger partial charge in [-0.15, -0.1) is 0 Å². The Kier molecular flexibility index (Phi) is 2.34. The van der Waals surface area contributed by atoms with Crippen molar-refractivity contribution in [2.75, 3.05) is 0 Å². The average molecular weight is 244 g/mol. The van der Waals surface area contributed by atoms with Gasteiger partial charge in [0.15, 0.2) is 0 Å². The Balaban J connectivity index is 1.66. The molecule has 0 saturated heterocycles. The zero-order valence-electron chi connectivity index (χ0n) is 12.3. The molecule has 0 heterocycles. The van der Waals surface area contributed by atoms with Gasteiger partial charge < -0.3 is 0 Å². The first-order valence-corrected chi connectivity index (χ1v) is 8.30. The highest BCUT2D eigenvalue weighted by atomic mass is 14.7. The van der Waals surface area contributed by atoms with Crippen molar-refractivity contribution in [3.8, 4) is 0 Å². The van der Waals surface area contributed by atoms with E-state index in [2.05, 4.69) is 26.8 Å². The maximum atomic E-state index is 2.68. The quantitative estimate of drug-likeness (QED) is 0.523. The zero-order valence-corrected chi connectivity index (χ0v) is 12.3. The Labute approximate surface area is 112 Å². The van der Waals surface area contributed by atoms with Gasteiger partial charge in [0.1, 0.15) is 0 Å². The molecule has 100 valence electrons. The second kappa shape index (κ2) is 3.64. The van der Waals surface area contributed by atoms with Crippen LogP contribution in [0.15, 0.2) is 11.6 Å². The summed E-state index contributed by atoms with van der Waals surface area (Å²) in [6, 6.07) is 0. The summed E-state index contributed by atoms with van der Waals surface area (Å²) in [5.41, 5.74) is 2.61. The molecule has 3 saturated carbocycles. The van der Waals surface area contributed by atoms with Crippen molar-refractivity contribution in [1.82, 2.24) is 0 Å². The van der Waals surface area contributed by atoms with Crippen molar-refractivity contribution in [2.45, 2.75) is 59.3 Å². The van der Waals surface area contributed by atoms with E-state index < -0.39 is 0 Å². The van der Waals surface area contributed by atoms with Crippen LogP contribution in [0.2, 0.25) is 0 Å². The smallest absolute Gasteiger partial charge is 0.0169 e. The lowest BCUT2D eigenvalue weighted by molar-refractivity contribution is 0.236. The van der Waals surface area contributed by atoms with Gasteiger partial charge in [0.05, 0.1) is 0 Å². The van der Waals surface area contributed by atoms with Gasteiger partial charge in [-0.3, -0.25) is 0 Å². The highest BCUT2D eigenvalue weighted by Gasteiger charge is 2.64. The number of hydrogen-bond acceptors (Lipinski definition) is 0. The highest BCUT2D eigenvalue weighted by molar-refractivity contribution is 5.25. The minimum Gasteiger partial charge on any atom is -0.0819 e. The van der Waals surface area contributed by atoms with Gasteiger partial charge in [-0.2, -0.15) is 0 Å². The predicted octanol–water partition coefficient (Wildman–Crippen LogP) is 5.05. The van der Waals surface area contributed by atoms with Crippen molar-refractivity contribution in [1.29, 1.82) is 0 Å². The first-order chi connectivity index (χ1) is 8.59. The molecule has 4 aliphatic carbocycles. The molecule has 0 heteroatoms. The first-order valence-electron chi connectivity index (χ1n) is 8.30. The van der Waals surface area contributed by atoms with Crippen LogP contribution < -0.4 is 0 Å². The summed E-state index contributed by atoms with van der Waals surface area (Å²) in [6.45, 7) is 7.51. The summed E-state index contributed by atoms with van der Waals surface area (Å²) < 4.78 is 0. The third kappa shape index (κ3) is 1.44.